The summed E-state index contributed by atoms with van der Waals surface area (Å²) < 4.78 is 0. The number of unbranched alkanes of at least 4 members (excludes halogenated alkanes) is 9. The van der Waals surface area contributed by atoms with Gasteiger partial charge in [0.05, 0.1) is 10.0 Å². The van der Waals surface area contributed by atoms with Crippen LogP contribution < -0.4 is 0 Å². The van der Waals surface area contributed by atoms with Gasteiger partial charge in [0.25, 0.3) is 0 Å². The molecule has 1 nitrogen and oxygen atoms in total. The maximum atomic E-state index is 5.85. The standard InChI is InChI=1S/C12H25Cl.C9H11Cl2N/c1-2-3-4-5-6-7-8-9-10-11-12-13;1-12(2)6-7-3-4-8(10)9(11)5-7/h2-12H2,1H3;3-5H,6H2,1-2H3. The van der Waals surface area contributed by atoms with Crippen molar-refractivity contribution in [3.8, 4) is 0 Å². The Kier molecular flexibility index (Phi) is 17.5. The summed E-state index contributed by atoms with van der Waals surface area (Å²) in [4.78, 5) is 2.08. The Morgan fingerprint density at radius 1 is 0.760 bits per heavy atom. The smallest absolute Gasteiger partial charge is 0.0595 e. The van der Waals surface area contributed by atoms with E-state index in [9.17, 15) is 0 Å². The van der Waals surface area contributed by atoms with Crippen LogP contribution in [0.4, 0.5) is 0 Å². The second-order valence-corrected chi connectivity index (χ2v) is 8.05. The highest BCUT2D eigenvalue weighted by Crippen LogP contribution is 2.22. The lowest BCUT2D eigenvalue weighted by atomic mass is 10.1. The maximum absolute atomic E-state index is 5.85. The molecule has 1 rings (SSSR count). The van der Waals surface area contributed by atoms with Gasteiger partial charge in [-0.1, -0.05) is 94.0 Å². The molecule has 25 heavy (non-hydrogen) atoms. The lowest BCUT2D eigenvalue weighted by molar-refractivity contribution is 0.402. The number of hydrogen-bond acceptors (Lipinski definition) is 1. The molecule has 0 spiro atoms. The van der Waals surface area contributed by atoms with Gasteiger partial charge in [0.1, 0.15) is 0 Å². The number of halogens is 3. The van der Waals surface area contributed by atoms with Crippen LogP contribution in [0.3, 0.4) is 0 Å². The second-order valence-electron chi connectivity index (χ2n) is 6.86. The summed E-state index contributed by atoms with van der Waals surface area (Å²) in [7, 11) is 4.03. The molecule has 0 fully saturated rings. The summed E-state index contributed by atoms with van der Waals surface area (Å²) in [6, 6.07) is 5.70. The molecule has 0 aliphatic rings. The van der Waals surface area contributed by atoms with E-state index in [2.05, 4.69) is 11.8 Å². The highest BCUT2D eigenvalue weighted by Gasteiger charge is 1.99. The summed E-state index contributed by atoms with van der Waals surface area (Å²) in [5, 5.41) is 1.23. The molecule has 0 aliphatic heterocycles. The minimum atomic E-state index is 0.610. The molecule has 1 aromatic carbocycles. The van der Waals surface area contributed by atoms with E-state index in [-0.39, 0.29) is 0 Å². The molecule has 0 bridgehead atoms. The van der Waals surface area contributed by atoms with Gasteiger partial charge in [-0.25, -0.2) is 0 Å². The number of alkyl halides is 1. The van der Waals surface area contributed by atoms with Crippen LogP contribution >= 0.6 is 34.8 Å². The van der Waals surface area contributed by atoms with Crippen LogP contribution in [0, 0.1) is 0 Å². The molecular formula is C21H36Cl3N. The minimum absolute atomic E-state index is 0.610. The van der Waals surface area contributed by atoms with Gasteiger partial charge in [0, 0.05) is 12.4 Å². The zero-order chi connectivity index (χ0) is 18.9. The largest absolute Gasteiger partial charge is 0.305 e. The van der Waals surface area contributed by atoms with E-state index in [1.165, 1.54) is 69.8 Å². The third-order valence-electron chi connectivity index (χ3n) is 3.97. The van der Waals surface area contributed by atoms with E-state index < -0.39 is 0 Å². The Balaban J connectivity index is 0.000000462. The highest BCUT2D eigenvalue weighted by atomic mass is 35.5. The van der Waals surface area contributed by atoms with Crippen molar-refractivity contribution in [3.05, 3.63) is 33.8 Å². The lowest BCUT2D eigenvalue weighted by Crippen LogP contribution is -2.10. The van der Waals surface area contributed by atoms with Crippen LogP contribution in [0.25, 0.3) is 0 Å². The first-order valence-electron chi connectivity index (χ1n) is 9.65. The average molecular weight is 409 g/mol. The lowest BCUT2D eigenvalue weighted by Gasteiger charge is -2.09. The Morgan fingerprint density at radius 3 is 1.72 bits per heavy atom. The van der Waals surface area contributed by atoms with E-state index in [1.54, 1.807) is 0 Å². The Bertz CT molecular complexity index is 412. The van der Waals surface area contributed by atoms with Crippen LogP contribution in [0.5, 0.6) is 0 Å². The summed E-state index contributed by atoms with van der Waals surface area (Å²) >= 11 is 17.2. The molecule has 1 aromatic rings. The molecule has 0 N–H and O–H groups in total. The fourth-order valence-corrected chi connectivity index (χ4v) is 3.09. The fraction of sp³-hybridized carbons (Fsp3) is 0.714. The quantitative estimate of drug-likeness (QED) is 0.249. The topological polar surface area (TPSA) is 3.24 Å². The summed E-state index contributed by atoms with van der Waals surface area (Å²) in [5.74, 6) is 0.844. The third kappa shape index (κ3) is 16.0. The third-order valence-corrected chi connectivity index (χ3v) is 4.98. The molecular weight excluding hydrogens is 373 g/mol. The first kappa shape index (κ1) is 25.1. The van der Waals surface area contributed by atoms with Crippen molar-refractivity contribution < 1.29 is 0 Å². The van der Waals surface area contributed by atoms with Gasteiger partial charge in [-0.05, 0) is 38.2 Å². The van der Waals surface area contributed by atoms with Crippen LogP contribution in [-0.4, -0.2) is 24.9 Å². The minimum Gasteiger partial charge on any atom is -0.305 e. The van der Waals surface area contributed by atoms with Crippen molar-refractivity contribution in [2.45, 2.75) is 77.7 Å². The average Bonchev–Trinajstić information content (AvgIpc) is 2.57. The van der Waals surface area contributed by atoms with Gasteiger partial charge < -0.3 is 4.90 Å². The molecule has 0 aromatic heterocycles. The molecule has 0 saturated carbocycles. The SMILES string of the molecule is CCCCCCCCCCCCCl.CN(C)Cc1ccc(Cl)c(Cl)c1. The molecule has 0 unspecified atom stereocenters. The maximum Gasteiger partial charge on any atom is 0.0595 e. The van der Waals surface area contributed by atoms with Crippen molar-refractivity contribution in [2.75, 3.05) is 20.0 Å². The first-order valence-corrected chi connectivity index (χ1v) is 10.9. The van der Waals surface area contributed by atoms with E-state index in [0.717, 1.165) is 12.4 Å². The van der Waals surface area contributed by atoms with Crippen molar-refractivity contribution in [1.82, 2.24) is 4.90 Å². The van der Waals surface area contributed by atoms with Crippen molar-refractivity contribution in [2.24, 2.45) is 0 Å². The predicted octanol–water partition coefficient (Wildman–Crippen LogP) is 8.20. The molecule has 0 radical (unpaired) electrons. The van der Waals surface area contributed by atoms with Crippen molar-refractivity contribution in [1.29, 1.82) is 0 Å². The normalized spacial score (nSPS) is 10.7. The Morgan fingerprint density at radius 2 is 1.28 bits per heavy atom. The second kappa shape index (κ2) is 17.5. The highest BCUT2D eigenvalue weighted by molar-refractivity contribution is 6.42. The van der Waals surface area contributed by atoms with Crippen molar-refractivity contribution in [3.63, 3.8) is 0 Å². The van der Waals surface area contributed by atoms with E-state index in [4.69, 9.17) is 34.8 Å². The van der Waals surface area contributed by atoms with Gasteiger partial charge in [-0.15, -0.1) is 11.6 Å². The number of hydrogen-bond donors (Lipinski definition) is 0. The van der Waals surface area contributed by atoms with E-state index in [0.29, 0.717) is 10.0 Å². The molecule has 146 valence electrons. The number of nitrogens with zero attached hydrogens (tertiary/aromatic N) is 1. The first-order chi connectivity index (χ1) is 12.0. The van der Waals surface area contributed by atoms with Gasteiger partial charge in [0.15, 0.2) is 0 Å². The molecule has 0 saturated heterocycles. The van der Waals surface area contributed by atoms with Crippen LogP contribution in [0.15, 0.2) is 18.2 Å². The van der Waals surface area contributed by atoms with Gasteiger partial charge in [-0.3, -0.25) is 0 Å². The zero-order valence-corrected chi connectivity index (χ0v) is 18.6. The van der Waals surface area contributed by atoms with Crippen LogP contribution in [0.2, 0.25) is 10.0 Å². The fourth-order valence-electron chi connectivity index (χ4n) is 2.59. The molecule has 4 heteroatoms. The van der Waals surface area contributed by atoms with Crippen LogP contribution in [-0.2, 0) is 6.54 Å². The molecule has 0 heterocycles. The predicted molar refractivity (Wildman–Crippen MR) is 116 cm³/mol. The molecule has 0 amide bonds. The monoisotopic (exact) mass is 407 g/mol. The Hall–Kier alpha value is 0.0500. The molecule has 0 atom stereocenters. The van der Waals surface area contributed by atoms with Gasteiger partial charge in [0.2, 0.25) is 0 Å². The van der Waals surface area contributed by atoms with Crippen molar-refractivity contribution >= 4 is 34.8 Å². The van der Waals surface area contributed by atoms with Gasteiger partial charge in [-0.2, -0.15) is 0 Å². The summed E-state index contributed by atoms with van der Waals surface area (Å²) in [6.07, 6.45) is 13.9. The number of benzene rings is 1. The Labute approximate surface area is 171 Å². The van der Waals surface area contributed by atoms with E-state index >= 15 is 0 Å². The van der Waals surface area contributed by atoms with E-state index in [1.807, 2.05) is 32.3 Å². The summed E-state index contributed by atoms with van der Waals surface area (Å²) in [5.41, 5.74) is 1.18. The van der Waals surface area contributed by atoms with Crippen LogP contribution in [0.1, 0.15) is 76.7 Å². The molecule has 0 aliphatic carbocycles. The zero-order valence-electron chi connectivity index (χ0n) is 16.3. The summed E-state index contributed by atoms with van der Waals surface area (Å²) in [6.45, 7) is 3.16. The van der Waals surface area contributed by atoms with Gasteiger partial charge >= 0.3 is 0 Å². The number of rotatable bonds is 12.